The van der Waals surface area contributed by atoms with Gasteiger partial charge in [-0.3, -0.25) is 14.6 Å². The molecule has 7 heteroatoms. The van der Waals surface area contributed by atoms with Crippen LogP contribution in [0.5, 0.6) is 0 Å². The van der Waals surface area contributed by atoms with Gasteiger partial charge in [0.05, 0.1) is 0 Å². The summed E-state index contributed by atoms with van der Waals surface area (Å²) in [7, 11) is 0. The second kappa shape index (κ2) is 7.72. The van der Waals surface area contributed by atoms with Crippen molar-refractivity contribution in [2.75, 3.05) is 18.0 Å². The number of anilines is 1. The van der Waals surface area contributed by atoms with Crippen molar-refractivity contribution in [1.82, 2.24) is 20.3 Å². The molecular formula is C21H23N5O2. The zero-order chi connectivity index (χ0) is 19.5. The van der Waals surface area contributed by atoms with E-state index in [2.05, 4.69) is 32.4 Å². The van der Waals surface area contributed by atoms with Gasteiger partial charge >= 0.3 is 0 Å². The summed E-state index contributed by atoms with van der Waals surface area (Å²) in [5, 5.41) is 3.07. The number of nitrogens with one attached hydrogen (secondary N) is 3. The molecule has 4 rings (SSSR count). The van der Waals surface area contributed by atoms with E-state index in [1.54, 1.807) is 6.92 Å². The molecular weight excluding hydrogens is 354 g/mol. The molecule has 0 saturated carbocycles. The van der Waals surface area contributed by atoms with Crippen molar-refractivity contribution in [3.63, 3.8) is 0 Å². The molecule has 3 aromatic rings. The van der Waals surface area contributed by atoms with E-state index >= 15 is 0 Å². The van der Waals surface area contributed by atoms with E-state index in [9.17, 15) is 9.59 Å². The first-order valence-corrected chi connectivity index (χ1v) is 9.42. The molecule has 7 nitrogen and oxygen atoms in total. The largest absolute Gasteiger partial charge is 0.354 e. The van der Waals surface area contributed by atoms with Crippen LogP contribution < -0.4 is 15.8 Å². The number of aromatic nitrogens is 3. The number of carbonyl (C=O) groups is 1. The number of hydrogen-bond donors (Lipinski definition) is 3. The van der Waals surface area contributed by atoms with Gasteiger partial charge in [-0.1, -0.05) is 30.3 Å². The van der Waals surface area contributed by atoms with Gasteiger partial charge in [0.15, 0.2) is 0 Å². The molecule has 1 aliphatic rings. The summed E-state index contributed by atoms with van der Waals surface area (Å²) in [6.45, 7) is 3.16. The third kappa shape index (κ3) is 4.14. The molecule has 0 radical (unpaired) electrons. The van der Waals surface area contributed by atoms with Crippen LogP contribution in [0.3, 0.4) is 0 Å². The summed E-state index contributed by atoms with van der Waals surface area (Å²) in [4.78, 5) is 36.6. The van der Waals surface area contributed by atoms with Crippen LogP contribution in [0.25, 0.3) is 0 Å². The van der Waals surface area contributed by atoms with E-state index in [0.29, 0.717) is 23.9 Å². The maximum absolute atomic E-state index is 12.6. The van der Waals surface area contributed by atoms with Gasteiger partial charge < -0.3 is 15.2 Å². The first-order valence-electron chi connectivity index (χ1n) is 9.42. The van der Waals surface area contributed by atoms with E-state index in [0.717, 1.165) is 25.1 Å². The minimum Gasteiger partial charge on any atom is -0.354 e. The normalized spacial score (nSPS) is 16.3. The first kappa shape index (κ1) is 18.0. The summed E-state index contributed by atoms with van der Waals surface area (Å²) in [5.41, 5.74) is 3.29. The Kier molecular flexibility index (Phi) is 4.97. The standard InChI is InChI=1S/C21H23N5O2/c1-14-11-19(27)25-21(22-14)26-10-9-17(13-26)24-20(28)18-8-7-16(23-18)12-15-5-3-2-4-6-15/h2-8,11,17,23H,9-10,12-13H2,1H3,(H,24,28)(H,22,25,27). The highest BCUT2D eigenvalue weighted by Gasteiger charge is 2.26. The number of carbonyl (C=O) groups excluding carboxylic acids is 1. The SMILES string of the molecule is Cc1cc(=O)[nH]c(N2CCC(NC(=O)c3ccc(Cc4ccccc4)[nH]3)C2)n1. The predicted octanol–water partition coefficient (Wildman–Crippen LogP) is 2.01. The predicted molar refractivity (Wildman–Crippen MR) is 108 cm³/mol. The second-order valence-corrected chi connectivity index (χ2v) is 7.18. The fourth-order valence-electron chi connectivity index (χ4n) is 3.54. The molecule has 0 aliphatic carbocycles. The molecule has 1 aromatic carbocycles. The summed E-state index contributed by atoms with van der Waals surface area (Å²) >= 11 is 0. The quantitative estimate of drug-likeness (QED) is 0.634. The number of amides is 1. The van der Waals surface area contributed by atoms with Gasteiger partial charge in [-0.25, -0.2) is 4.98 Å². The van der Waals surface area contributed by atoms with Crippen LogP contribution in [-0.2, 0) is 6.42 Å². The molecule has 28 heavy (non-hydrogen) atoms. The Morgan fingerprint density at radius 2 is 2.04 bits per heavy atom. The summed E-state index contributed by atoms with van der Waals surface area (Å²) in [5.74, 6) is 0.448. The van der Waals surface area contributed by atoms with Crippen LogP contribution in [0.1, 0.15) is 33.9 Å². The zero-order valence-corrected chi connectivity index (χ0v) is 15.7. The zero-order valence-electron chi connectivity index (χ0n) is 15.7. The van der Waals surface area contributed by atoms with E-state index in [1.807, 2.05) is 35.2 Å². The van der Waals surface area contributed by atoms with Crippen molar-refractivity contribution in [3.8, 4) is 0 Å². The summed E-state index contributed by atoms with van der Waals surface area (Å²) < 4.78 is 0. The van der Waals surface area contributed by atoms with Crippen molar-refractivity contribution in [2.45, 2.75) is 25.8 Å². The van der Waals surface area contributed by atoms with Crippen molar-refractivity contribution >= 4 is 11.9 Å². The Morgan fingerprint density at radius 3 is 2.82 bits per heavy atom. The lowest BCUT2D eigenvalue weighted by Gasteiger charge is -2.17. The van der Waals surface area contributed by atoms with Crippen LogP contribution in [0.2, 0.25) is 0 Å². The number of nitrogens with zero attached hydrogens (tertiary/aromatic N) is 2. The topological polar surface area (TPSA) is 93.9 Å². The number of rotatable bonds is 5. The number of hydrogen-bond acceptors (Lipinski definition) is 4. The van der Waals surface area contributed by atoms with Crippen molar-refractivity contribution < 1.29 is 4.79 Å². The van der Waals surface area contributed by atoms with Crippen molar-refractivity contribution in [2.24, 2.45) is 0 Å². The molecule has 1 saturated heterocycles. The molecule has 0 bridgehead atoms. The lowest BCUT2D eigenvalue weighted by atomic mass is 10.1. The monoisotopic (exact) mass is 377 g/mol. The number of H-pyrrole nitrogens is 2. The fourth-order valence-corrected chi connectivity index (χ4v) is 3.54. The lowest BCUT2D eigenvalue weighted by Crippen LogP contribution is -2.37. The second-order valence-electron chi connectivity index (χ2n) is 7.18. The third-order valence-corrected chi connectivity index (χ3v) is 4.91. The smallest absolute Gasteiger partial charge is 0.267 e. The Bertz CT molecular complexity index is 1020. The lowest BCUT2D eigenvalue weighted by molar-refractivity contribution is 0.0936. The maximum atomic E-state index is 12.6. The molecule has 1 aliphatic heterocycles. The van der Waals surface area contributed by atoms with E-state index < -0.39 is 0 Å². The van der Waals surface area contributed by atoms with Gasteiger partial charge in [-0.05, 0) is 31.0 Å². The minimum absolute atomic E-state index is 0.0131. The average Bonchev–Trinajstić information content (AvgIpc) is 3.31. The van der Waals surface area contributed by atoms with E-state index in [4.69, 9.17) is 0 Å². The number of aromatic amines is 2. The van der Waals surface area contributed by atoms with Crippen LogP contribution in [0.4, 0.5) is 5.95 Å². The minimum atomic E-state index is -0.160. The molecule has 1 atom stereocenters. The van der Waals surface area contributed by atoms with Crippen LogP contribution in [0.15, 0.2) is 53.3 Å². The van der Waals surface area contributed by atoms with Gasteiger partial charge in [0.1, 0.15) is 5.69 Å². The number of aryl methyl sites for hydroxylation is 1. The Hall–Kier alpha value is -3.35. The van der Waals surface area contributed by atoms with Gasteiger partial charge in [-0.15, -0.1) is 0 Å². The molecule has 1 fully saturated rings. The maximum Gasteiger partial charge on any atom is 0.267 e. The number of benzene rings is 1. The molecule has 1 amide bonds. The molecule has 2 aromatic heterocycles. The van der Waals surface area contributed by atoms with Crippen LogP contribution in [0, 0.1) is 6.92 Å². The van der Waals surface area contributed by atoms with Crippen molar-refractivity contribution in [3.05, 3.63) is 81.5 Å². The van der Waals surface area contributed by atoms with Gasteiger partial charge in [0.25, 0.3) is 11.5 Å². The van der Waals surface area contributed by atoms with E-state index in [-0.39, 0.29) is 17.5 Å². The highest BCUT2D eigenvalue weighted by Crippen LogP contribution is 2.16. The Labute approximate surface area is 162 Å². The fraction of sp³-hybridized carbons (Fsp3) is 0.286. The molecule has 3 N–H and O–H groups in total. The summed E-state index contributed by atoms with van der Waals surface area (Å²) in [6.07, 6.45) is 1.57. The van der Waals surface area contributed by atoms with Gasteiger partial charge in [-0.2, -0.15) is 0 Å². The van der Waals surface area contributed by atoms with Crippen LogP contribution in [-0.4, -0.2) is 40.0 Å². The van der Waals surface area contributed by atoms with Crippen LogP contribution >= 0.6 is 0 Å². The first-order chi connectivity index (χ1) is 13.6. The summed E-state index contributed by atoms with van der Waals surface area (Å²) in [6, 6.07) is 15.4. The molecule has 3 heterocycles. The molecule has 1 unspecified atom stereocenters. The Morgan fingerprint density at radius 1 is 1.21 bits per heavy atom. The average molecular weight is 377 g/mol. The van der Waals surface area contributed by atoms with E-state index in [1.165, 1.54) is 11.6 Å². The molecule has 144 valence electrons. The third-order valence-electron chi connectivity index (χ3n) is 4.91. The van der Waals surface area contributed by atoms with Crippen molar-refractivity contribution in [1.29, 1.82) is 0 Å². The van der Waals surface area contributed by atoms with Gasteiger partial charge in [0, 0.05) is 43.0 Å². The highest BCUT2D eigenvalue weighted by molar-refractivity contribution is 5.92. The Balaban J connectivity index is 1.36. The van der Waals surface area contributed by atoms with Gasteiger partial charge in [0.2, 0.25) is 5.95 Å². The molecule has 0 spiro atoms. The highest BCUT2D eigenvalue weighted by atomic mass is 16.2.